The lowest BCUT2D eigenvalue weighted by Crippen LogP contribution is -2.09. The van der Waals surface area contributed by atoms with E-state index in [9.17, 15) is 0 Å². The van der Waals surface area contributed by atoms with Gasteiger partial charge in [-0.25, -0.2) is 0 Å². The Morgan fingerprint density at radius 3 is 2.17 bits per heavy atom. The maximum absolute atomic E-state index is 4.19. The van der Waals surface area contributed by atoms with E-state index in [-0.39, 0.29) is 5.41 Å². The monoisotopic (exact) mass is 165 g/mol. The molecular weight excluding hydrogens is 146 g/mol. The molecule has 1 heteroatoms. The molecule has 12 heavy (non-hydrogen) atoms. The SMILES string of the molecule is C=C(CC)/N=C\C(=C)C(C)(C)C. The molecule has 0 bridgehead atoms. The van der Waals surface area contributed by atoms with Crippen molar-refractivity contribution >= 4 is 6.21 Å². The Morgan fingerprint density at radius 2 is 1.83 bits per heavy atom. The summed E-state index contributed by atoms with van der Waals surface area (Å²) < 4.78 is 0. The van der Waals surface area contributed by atoms with Crippen molar-refractivity contribution in [2.24, 2.45) is 10.4 Å². The van der Waals surface area contributed by atoms with Crippen LogP contribution in [0.4, 0.5) is 0 Å². The number of hydrogen-bond acceptors (Lipinski definition) is 1. The normalized spacial score (nSPS) is 12.0. The van der Waals surface area contributed by atoms with Gasteiger partial charge in [-0.15, -0.1) is 0 Å². The Bertz CT molecular complexity index is 204. The van der Waals surface area contributed by atoms with Crippen LogP contribution in [0.1, 0.15) is 34.1 Å². The van der Waals surface area contributed by atoms with Gasteiger partial charge in [0.2, 0.25) is 0 Å². The van der Waals surface area contributed by atoms with Crippen molar-refractivity contribution in [3.8, 4) is 0 Å². The first kappa shape index (κ1) is 11.2. The lowest BCUT2D eigenvalue weighted by atomic mass is 9.88. The maximum atomic E-state index is 4.19. The minimum atomic E-state index is 0.109. The summed E-state index contributed by atoms with van der Waals surface area (Å²) in [6, 6.07) is 0. The minimum Gasteiger partial charge on any atom is -0.262 e. The third-order valence-electron chi connectivity index (χ3n) is 1.77. The van der Waals surface area contributed by atoms with Gasteiger partial charge in [-0.3, -0.25) is 4.99 Å². The van der Waals surface area contributed by atoms with E-state index < -0.39 is 0 Å². The molecule has 0 heterocycles. The highest BCUT2D eigenvalue weighted by Gasteiger charge is 2.12. The van der Waals surface area contributed by atoms with Crippen LogP contribution in [-0.4, -0.2) is 6.21 Å². The van der Waals surface area contributed by atoms with Crippen LogP contribution in [-0.2, 0) is 0 Å². The van der Waals surface area contributed by atoms with E-state index in [1.165, 1.54) is 0 Å². The molecule has 0 aliphatic heterocycles. The molecule has 1 nitrogen and oxygen atoms in total. The van der Waals surface area contributed by atoms with E-state index in [0.29, 0.717) is 0 Å². The molecule has 0 saturated heterocycles. The van der Waals surface area contributed by atoms with Crippen LogP contribution < -0.4 is 0 Å². The predicted molar refractivity (Wildman–Crippen MR) is 56.5 cm³/mol. The van der Waals surface area contributed by atoms with Gasteiger partial charge in [-0.1, -0.05) is 40.9 Å². The second-order valence-electron chi connectivity index (χ2n) is 3.95. The molecule has 0 unspecified atom stereocenters. The largest absolute Gasteiger partial charge is 0.262 e. The second-order valence-corrected chi connectivity index (χ2v) is 3.95. The highest BCUT2D eigenvalue weighted by Crippen LogP contribution is 2.21. The molecule has 0 aromatic rings. The van der Waals surface area contributed by atoms with E-state index in [4.69, 9.17) is 0 Å². The summed E-state index contributed by atoms with van der Waals surface area (Å²) in [5.41, 5.74) is 2.05. The molecule has 68 valence electrons. The molecule has 0 aromatic heterocycles. The van der Waals surface area contributed by atoms with Crippen molar-refractivity contribution in [2.45, 2.75) is 34.1 Å². The Kier molecular flexibility index (Phi) is 3.94. The number of aliphatic imine (C=N–C) groups is 1. The zero-order valence-corrected chi connectivity index (χ0v) is 8.65. The van der Waals surface area contributed by atoms with Crippen LogP contribution in [0, 0.1) is 5.41 Å². The average Bonchev–Trinajstić information content (AvgIpc) is 1.97. The van der Waals surface area contributed by atoms with Crippen LogP contribution in [0.5, 0.6) is 0 Å². The summed E-state index contributed by atoms with van der Waals surface area (Å²) in [6.45, 7) is 16.1. The Balaban J connectivity index is 4.19. The molecule has 0 aromatic carbocycles. The third kappa shape index (κ3) is 4.12. The van der Waals surface area contributed by atoms with Crippen molar-refractivity contribution in [3.63, 3.8) is 0 Å². The average molecular weight is 165 g/mol. The Morgan fingerprint density at radius 1 is 1.33 bits per heavy atom. The highest BCUT2D eigenvalue weighted by molar-refractivity contribution is 5.79. The van der Waals surface area contributed by atoms with Gasteiger partial charge in [0.15, 0.2) is 0 Å². The molecule has 0 aliphatic rings. The molecule has 0 fully saturated rings. The summed E-state index contributed by atoms with van der Waals surface area (Å²) in [4.78, 5) is 4.19. The lowest BCUT2D eigenvalue weighted by Gasteiger charge is -2.17. The first-order chi connectivity index (χ1) is 5.38. The smallest absolute Gasteiger partial charge is 0.0329 e. The van der Waals surface area contributed by atoms with Crippen molar-refractivity contribution in [1.29, 1.82) is 0 Å². The fourth-order valence-corrected chi connectivity index (χ4v) is 0.454. The molecule has 0 saturated carbocycles. The van der Waals surface area contributed by atoms with E-state index in [0.717, 1.165) is 17.7 Å². The van der Waals surface area contributed by atoms with Crippen molar-refractivity contribution in [2.75, 3.05) is 0 Å². The number of nitrogens with zero attached hydrogens (tertiary/aromatic N) is 1. The highest BCUT2D eigenvalue weighted by atomic mass is 14.7. The summed E-state index contributed by atoms with van der Waals surface area (Å²) >= 11 is 0. The minimum absolute atomic E-state index is 0.109. The Hall–Kier alpha value is -0.850. The van der Waals surface area contributed by atoms with Gasteiger partial charge >= 0.3 is 0 Å². The summed E-state index contributed by atoms with van der Waals surface area (Å²) in [6.07, 6.45) is 2.71. The van der Waals surface area contributed by atoms with Gasteiger partial charge in [-0.05, 0) is 17.4 Å². The zero-order chi connectivity index (χ0) is 9.78. The molecule has 0 rings (SSSR count). The van der Waals surface area contributed by atoms with E-state index in [1.807, 2.05) is 13.1 Å². The first-order valence-electron chi connectivity index (χ1n) is 4.29. The van der Waals surface area contributed by atoms with Gasteiger partial charge in [0.05, 0.1) is 0 Å². The predicted octanol–water partition coefficient (Wildman–Crippen LogP) is 3.58. The van der Waals surface area contributed by atoms with Gasteiger partial charge in [0, 0.05) is 11.9 Å². The standard InChI is InChI=1S/C11H19N/c1-7-10(3)12-8-9(2)11(4,5)6/h8H,2-3,7H2,1,4-6H3/b12-8-. The van der Waals surface area contributed by atoms with Gasteiger partial charge in [0.25, 0.3) is 0 Å². The molecule has 0 atom stereocenters. The van der Waals surface area contributed by atoms with E-state index in [1.54, 1.807) is 0 Å². The fourth-order valence-electron chi connectivity index (χ4n) is 0.454. The summed E-state index contributed by atoms with van der Waals surface area (Å²) in [7, 11) is 0. The van der Waals surface area contributed by atoms with Crippen LogP contribution in [0.3, 0.4) is 0 Å². The van der Waals surface area contributed by atoms with Gasteiger partial charge < -0.3 is 0 Å². The lowest BCUT2D eigenvalue weighted by molar-refractivity contribution is 0.528. The van der Waals surface area contributed by atoms with Crippen LogP contribution in [0.15, 0.2) is 29.4 Å². The Labute approximate surface area is 75.9 Å². The first-order valence-corrected chi connectivity index (χ1v) is 4.29. The van der Waals surface area contributed by atoms with Crippen LogP contribution in [0.2, 0.25) is 0 Å². The molecule has 0 spiro atoms. The van der Waals surface area contributed by atoms with Crippen molar-refractivity contribution in [3.05, 3.63) is 24.4 Å². The molecule has 0 N–H and O–H groups in total. The van der Waals surface area contributed by atoms with Crippen LogP contribution >= 0.6 is 0 Å². The van der Waals surface area contributed by atoms with Crippen LogP contribution in [0.25, 0.3) is 0 Å². The molecule has 0 amide bonds. The number of allylic oxidation sites excluding steroid dienone is 2. The molecule has 0 radical (unpaired) electrons. The molecular formula is C11H19N. The van der Waals surface area contributed by atoms with E-state index >= 15 is 0 Å². The topological polar surface area (TPSA) is 12.4 Å². The van der Waals surface area contributed by atoms with Crippen molar-refractivity contribution in [1.82, 2.24) is 0 Å². The summed E-state index contributed by atoms with van der Waals surface area (Å²) in [5, 5.41) is 0. The van der Waals surface area contributed by atoms with Crippen molar-refractivity contribution < 1.29 is 0 Å². The molecule has 0 aliphatic carbocycles. The maximum Gasteiger partial charge on any atom is 0.0329 e. The van der Waals surface area contributed by atoms with E-state index in [2.05, 4.69) is 38.9 Å². The zero-order valence-electron chi connectivity index (χ0n) is 8.65. The summed E-state index contributed by atoms with van der Waals surface area (Å²) in [5.74, 6) is 0. The third-order valence-corrected chi connectivity index (χ3v) is 1.77. The van der Waals surface area contributed by atoms with Gasteiger partial charge in [0.1, 0.15) is 0 Å². The number of hydrogen-bond donors (Lipinski definition) is 0. The quantitative estimate of drug-likeness (QED) is 0.567. The second kappa shape index (κ2) is 4.24. The number of rotatable bonds is 3. The fraction of sp³-hybridized carbons (Fsp3) is 0.545. The van der Waals surface area contributed by atoms with Gasteiger partial charge in [-0.2, -0.15) is 0 Å².